The summed E-state index contributed by atoms with van der Waals surface area (Å²) in [4.78, 5) is 12.6. The highest BCUT2D eigenvalue weighted by Crippen LogP contribution is 2.52. The lowest BCUT2D eigenvalue weighted by atomic mass is 9.59. The molecule has 4 radical (unpaired) electrons. The molecule has 0 bridgehead atoms. The summed E-state index contributed by atoms with van der Waals surface area (Å²) in [6.07, 6.45) is 0.885. The SMILES string of the molecule is [B]C1([B])C2CC2C(=O)N1C. The van der Waals surface area contributed by atoms with Crippen LogP contribution in [0.2, 0.25) is 0 Å². The molecule has 2 fully saturated rings. The van der Waals surface area contributed by atoms with E-state index in [9.17, 15) is 4.79 Å². The van der Waals surface area contributed by atoms with E-state index < -0.39 is 5.34 Å². The van der Waals surface area contributed by atoms with Crippen LogP contribution in [0.3, 0.4) is 0 Å². The van der Waals surface area contributed by atoms with E-state index in [2.05, 4.69) is 0 Å². The van der Waals surface area contributed by atoms with E-state index in [1.54, 1.807) is 7.05 Å². The summed E-state index contributed by atoms with van der Waals surface area (Å²) in [6, 6.07) is 0. The van der Waals surface area contributed by atoms with Gasteiger partial charge in [-0.2, -0.15) is 0 Å². The second-order valence-electron chi connectivity index (χ2n) is 3.23. The molecule has 1 saturated heterocycles. The van der Waals surface area contributed by atoms with Gasteiger partial charge in [-0.1, -0.05) is 0 Å². The van der Waals surface area contributed by atoms with E-state index >= 15 is 0 Å². The van der Waals surface area contributed by atoms with Crippen LogP contribution in [0.4, 0.5) is 0 Å². The van der Waals surface area contributed by atoms with E-state index in [0.29, 0.717) is 0 Å². The van der Waals surface area contributed by atoms with E-state index in [-0.39, 0.29) is 17.7 Å². The Morgan fingerprint density at radius 1 is 1.70 bits per heavy atom. The molecule has 4 heteroatoms. The summed E-state index contributed by atoms with van der Waals surface area (Å²) in [7, 11) is 13.0. The lowest BCUT2D eigenvalue weighted by Gasteiger charge is -2.32. The molecule has 2 rings (SSSR count). The number of amides is 1. The highest BCUT2D eigenvalue weighted by molar-refractivity contribution is 6.42. The Bertz CT molecular complexity index is 204. The van der Waals surface area contributed by atoms with Gasteiger partial charge in [-0.25, -0.2) is 0 Å². The fourth-order valence-electron chi connectivity index (χ4n) is 1.67. The van der Waals surface area contributed by atoms with Crippen LogP contribution < -0.4 is 0 Å². The van der Waals surface area contributed by atoms with Crippen LogP contribution in [0.25, 0.3) is 0 Å². The smallest absolute Gasteiger partial charge is 0.224 e. The highest BCUT2D eigenvalue weighted by atomic mass is 16.2. The summed E-state index contributed by atoms with van der Waals surface area (Å²) in [5.41, 5.74) is 0. The average Bonchev–Trinajstić information content (AvgIpc) is 2.58. The minimum atomic E-state index is -0.859. The molecule has 0 spiro atoms. The van der Waals surface area contributed by atoms with Crippen molar-refractivity contribution < 1.29 is 4.79 Å². The lowest BCUT2D eigenvalue weighted by Crippen LogP contribution is -2.47. The van der Waals surface area contributed by atoms with Crippen molar-refractivity contribution in [1.29, 1.82) is 0 Å². The molecule has 1 amide bonds. The number of fused-ring (bicyclic) bond motifs is 1. The number of carbonyl (C=O) groups excluding carboxylic acids is 1. The third kappa shape index (κ3) is 0.505. The van der Waals surface area contributed by atoms with E-state index in [0.717, 1.165) is 6.42 Å². The quantitative estimate of drug-likeness (QED) is 0.389. The number of hydrogen-bond donors (Lipinski definition) is 0. The van der Waals surface area contributed by atoms with Crippen LogP contribution in [0.15, 0.2) is 0 Å². The largest absolute Gasteiger partial charge is 0.357 e. The van der Waals surface area contributed by atoms with Crippen LogP contribution in [-0.4, -0.2) is 38.9 Å². The Morgan fingerprint density at radius 3 is 2.50 bits per heavy atom. The molecule has 2 atom stereocenters. The number of likely N-dealkylation sites (tertiary alicyclic amines) is 1. The first-order valence-corrected chi connectivity index (χ1v) is 3.40. The zero-order valence-corrected chi connectivity index (χ0v) is 5.87. The number of piperidine rings is 1. The standard InChI is InChI=1S/C6H7B2NO/c1-9-5(10)3-2-4(3)6(9,7)8/h3-4H,2H2,1H3. The first kappa shape index (κ1) is 6.32. The maximum Gasteiger partial charge on any atom is 0.224 e. The van der Waals surface area contributed by atoms with Gasteiger partial charge >= 0.3 is 0 Å². The summed E-state index contributed by atoms with van der Waals surface area (Å²) in [6.45, 7) is 0. The fourth-order valence-corrected chi connectivity index (χ4v) is 1.67. The van der Waals surface area contributed by atoms with Crippen LogP contribution in [0, 0.1) is 11.8 Å². The fraction of sp³-hybridized carbons (Fsp3) is 0.833. The molecule has 1 heterocycles. The van der Waals surface area contributed by atoms with Gasteiger partial charge in [0.15, 0.2) is 0 Å². The van der Waals surface area contributed by atoms with Gasteiger partial charge in [0.05, 0.1) is 15.7 Å². The zero-order chi connectivity index (χ0) is 7.52. The van der Waals surface area contributed by atoms with Crippen LogP contribution >= 0.6 is 0 Å². The molecule has 10 heavy (non-hydrogen) atoms. The molecule has 2 unspecified atom stereocenters. The first-order chi connectivity index (χ1) is 4.55. The van der Waals surface area contributed by atoms with Gasteiger partial charge in [0.2, 0.25) is 5.91 Å². The number of carbonyl (C=O) groups is 1. The molecule has 2 aliphatic rings. The van der Waals surface area contributed by atoms with Gasteiger partial charge < -0.3 is 4.90 Å². The Kier molecular flexibility index (Phi) is 0.907. The normalized spacial score (nSPS) is 41.7. The first-order valence-electron chi connectivity index (χ1n) is 3.40. The van der Waals surface area contributed by atoms with E-state index in [1.807, 2.05) is 0 Å². The van der Waals surface area contributed by atoms with Gasteiger partial charge in [0.1, 0.15) is 0 Å². The second-order valence-corrected chi connectivity index (χ2v) is 3.23. The van der Waals surface area contributed by atoms with Crippen LogP contribution in [-0.2, 0) is 4.79 Å². The van der Waals surface area contributed by atoms with Crippen molar-refractivity contribution in [2.24, 2.45) is 11.8 Å². The van der Waals surface area contributed by atoms with Crippen LogP contribution in [0.1, 0.15) is 6.42 Å². The molecule has 2 nitrogen and oxygen atoms in total. The van der Waals surface area contributed by atoms with Gasteiger partial charge in [0, 0.05) is 13.0 Å². The molecule has 0 N–H and O–H groups in total. The van der Waals surface area contributed by atoms with Gasteiger partial charge in [0.25, 0.3) is 0 Å². The van der Waals surface area contributed by atoms with Gasteiger partial charge in [-0.15, -0.1) is 0 Å². The third-order valence-electron chi connectivity index (χ3n) is 2.61. The Labute approximate surface area is 62.8 Å². The number of nitrogens with zero attached hydrogens (tertiary/aromatic N) is 1. The molecular weight excluding hydrogens is 124 g/mol. The van der Waals surface area contributed by atoms with Crippen molar-refractivity contribution >= 4 is 21.6 Å². The predicted octanol–water partition coefficient (Wildman–Crippen LogP) is -0.915. The van der Waals surface area contributed by atoms with Crippen molar-refractivity contribution in [3.63, 3.8) is 0 Å². The molecule has 48 valence electrons. The molecule has 0 aromatic heterocycles. The number of rotatable bonds is 0. The summed E-state index contributed by atoms with van der Waals surface area (Å²) in [5.74, 6) is 0.458. The molecule has 1 aliphatic carbocycles. The summed E-state index contributed by atoms with van der Waals surface area (Å²) < 4.78 is 0. The Morgan fingerprint density at radius 2 is 2.30 bits per heavy atom. The second kappa shape index (κ2) is 1.44. The zero-order valence-electron chi connectivity index (χ0n) is 5.87. The van der Waals surface area contributed by atoms with E-state index in [4.69, 9.17) is 15.7 Å². The molecule has 1 saturated carbocycles. The minimum Gasteiger partial charge on any atom is -0.357 e. The summed E-state index contributed by atoms with van der Waals surface area (Å²) in [5, 5.41) is -0.859. The van der Waals surface area contributed by atoms with Gasteiger partial charge in [-0.05, 0) is 17.7 Å². The van der Waals surface area contributed by atoms with Crippen molar-refractivity contribution in [3.8, 4) is 0 Å². The van der Waals surface area contributed by atoms with Crippen LogP contribution in [0.5, 0.6) is 0 Å². The Balaban J connectivity index is 2.32. The Hall–Kier alpha value is -0.400. The lowest BCUT2D eigenvalue weighted by molar-refractivity contribution is -0.129. The predicted molar refractivity (Wildman–Crippen MR) is 38.6 cm³/mol. The van der Waals surface area contributed by atoms with Crippen molar-refractivity contribution in [2.75, 3.05) is 7.05 Å². The van der Waals surface area contributed by atoms with E-state index in [1.165, 1.54) is 4.90 Å². The molecule has 0 aromatic carbocycles. The molecule has 1 aliphatic heterocycles. The third-order valence-corrected chi connectivity index (χ3v) is 2.61. The molecular formula is C6H7B2NO. The highest BCUT2D eigenvalue weighted by Gasteiger charge is 2.60. The summed E-state index contributed by atoms with van der Waals surface area (Å²) >= 11 is 0. The maximum absolute atomic E-state index is 11.1. The monoisotopic (exact) mass is 131 g/mol. The van der Waals surface area contributed by atoms with Gasteiger partial charge in [-0.3, -0.25) is 4.79 Å². The average molecular weight is 131 g/mol. The molecule has 0 aromatic rings. The van der Waals surface area contributed by atoms with Crippen molar-refractivity contribution in [1.82, 2.24) is 4.90 Å². The maximum atomic E-state index is 11.1. The van der Waals surface area contributed by atoms with Crippen molar-refractivity contribution in [2.45, 2.75) is 11.8 Å². The number of hydrogen-bond acceptors (Lipinski definition) is 1. The topological polar surface area (TPSA) is 20.3 Å². The van der Waals surface area contributed by atoms with Crippen molar-refractivity contribution in [3.05, 3.63) is 0 Å². The minimum absolute atomic E-state index is 0.106.